The number of anilines is 1. The van der Waals surface area contributed by atoms with Crippen LogP contribution in [-0.2, 0) is 16.1 Å². The zero-order valence-corrected chi connectivity index (χ0v) is 12.6. The lowest BCUT2D eigenvalue weighted by atomic mass is 10.2. The fraction of sp³-hybridized carbons (Fsp3) is 0.533. The Hall–Kier alpha value is -1.75. The van der Waals surface area contributed by atoms with Crippen molar-refractivity contribution in [3.05, 3.63) is 23.8 Å². The van der Waals surface area contributed by atoms with Gasteiger partial charge in [0.25, 0.3) is 0 Å². The summed E-state index contributed by atoms with van der Waals surface area (Å²) in [5.74, 6) is 0.759. The molecule has 0 saturated heterocycles. The molecule has 0 heterocycles. The Kier molecular flexibility index (Phi) is 6.87. The van der Waals surface area contributed by atoms with Crippen molar-refractivity contribution in [3.8, 4) is 5.75 Å². The van der Waals surface area contributed by atoms with Crippen LogP contribution in [0, 0.1) is 0 Å². The van der Waals surface area contributed by atoms with E-state index < -0.39 is 6.09 Å². The quantitative estimate of drug-likeness (QED) is 0.830. The van der Waals surface area contributed by atoms with Crippen molar-refractivity contribution in [3.63, 3.8) is 0 Å². The zero-order chi connectivity index (χ0) is 15.0. The van der Waals surface area contributed by atoms with Crippen LogP contribution in [0.25, 0.3) is 0 Å². The molecule has 112 valence electrons. The van der Waals surface area contributed by atoms with Crippen LogP contribution in [0.3, 0.4) is 0 Å². The summed E-state index contributed by atoms with van der Waals surface area (Å²) in [6.45, 7) is 6.75. The first-order valence-corrected chi connectivity index (χ1v) is 6.83. The van der Waals surface area contributed by atoms with Crippen LogP contribution in [0.5, 0.6) is 5.75 Å². The van der Waals surface area contributed by atoms with Gasteiger partial charge in [-0.15, -0.1) is 0 Å². The van der Waals surface area contributed by atoms with E-state index in [1.54, 1.807) is 13.2 Å². The van der Waals surface area contributed by atoms with E-state index in [1.165, 1.54) is 0 Å². The molecule has 1 aromatic rings. The van der Waals surface area contributed by atoms with Crippen molar-refractivity contribution in [2.75, 3.05) is 19.0 Å². The van der Waals surface area contributed by atoms with Gasteiger partial charge in [-0.25, -0.2) is 4.79 Å². The largest absolute Gasteiger partial charge is 0.494 e. The molecule has 20 heavy (non-hydrogen) atoms. The van der Waals surface area contributed by atoms with Crippen LogP contribution in [-0.4, -0.2) is 25.9 Å². The summed E-state index contributed by atoms with van der Waals surface area (Å²) in [4.78, 5) is 11.7. The summed E-state index contributed by atoms with van der Waals surface area (Å²) in [6.07, 6.45) is 0.231. The molecule has 1 unspecified atom stereocenters. The Bertz CT molecular complexity index is 434. The third-order valence-electron chi connectivity index (χ3n) is 2.79. The summed E-state index contributed by atoms with van der Waals surface area (Å²) in [5, 5.41) is 2.70. The van der Waals surface area contributed by atoms with Gasteiger partial charge in [0.05, 0.1) is 13.2 Å². The topological polar surface area (TPSA) is 56.8 Å². The van der Waals surface area contributed by atoms with E-state index in [-0.39, 0.29) is 6.10 Å². The minimum Gasteiger partial charge on any atom is -0.494 e. The van der Waals surface area contributed by atoms with Gasteiger partial charge in [0.1, 0.15) is 11.9 Å². The maximum atomic E-state index is 11.7. The molecular formula is C15H23NO4. The van der Waals surface area contributed by atoms with Gasteiger partial charge >= 0.3 is 6.09 Å². The van der Waals surface area contributed by atoms with E-state index in [9.17, 15) is 4.79 Å². The summed E-state index contributed by atoms with van der Waals surface area (Å²) in [7, 11) is 1.62. The number of carbonyl (C=O) groups is 1. The Morgan fingerprint density at radius 1 is 1.35 bits per heavy atom. The maximum Gasteiger partial charge on any atom is 0.411 e. The Labute approximate surface area is 120 Å². The van der Waals surface area contributed by atoms with Crippen LogP contribution in [0.15, 0.2) is 18.2 Å². The van der Waals surface area contributed by atoms with Gasteiger partial charge in [-0.05, 0) is 38.5 Å². The lowest BCUT2D eigenvalue weighted by Crippen LogP contribution is -2.19. The van der Waals surface area contributed by atoms with E-state index in [4.69, 9.17) is 14.2 Å². The molecule has 1 amide bonds. The van der Waals surface area contributed by atoms with Crippen LogP contribution < -0.4 is 10.1 Å². The Morgan fingerprint density at radius 2 is 2.10 bits per heavy atom. The second-order valence-corrected chi connectivity index (χ2v) is 4.44. The standard InChI is InChI=1S/C15H23NO4/c1-5-11(3)20-15(17)16-13-7-8-14(19-6-2)12(9-13)10-18-4/h7-9,11H,5-6,10H2,1-4H3,(H,16,17). The average Bonchev–Trinajstić information content (AvgIpc) is 2.42. The number of ether oxygens (including phenoxy) is 3. The van der Waals surface area contributed by atoms with Crippen LogP contribution in [0.4, 0.5) is 10.5 Å². The molecular weight excluding hydrogens is 258 g/mol. The highest BCUT2D eigenvalue weighted by molar-refractivity contribution is 5.85. The highest BCUT2D eigenvalue weighted by atomic mass is 16.6. The summed E-state index contributed by atoms with van der Waals surface area (Å²) < 4.78 is 15.8. The molecule has 1 rings (SSSR count). The number of carbonyl (C=O) groups excluding carboxylic acids is 1. The molecule has 1 atom stereocenters. The number of benzene rings is 1. The number of nitrogens with one attached hydrogen (secondary N) is 1. The van der Waals surface area contributed by atoms with E-state index in [0.29, 0.717) is 18.9 Å². The van der Waals surface area contributed by atoms with Gasteiger partial charge in [-0.2, -0.15) is 0 Å². The van der Waals surface area contributed by atoms with Gasteiger partial charge in [-0.1, -0.05) is 6.92 Å². The van der Waals surface area contributed by atoms with Gasteiger partial charge in [0.15, 0.2) is 0 Å². The lowest BCUT2D eigenvalue weighted by molar-refractivity contribution is 0.118. The smallest absolute Gasteiger partial charge is 0.411 e. The number of hydrogen-bond donors (Lipinski definition) is 1. The third-order valence-corrected chi connectivity index (χ3v) is 2.79. The molecule has 5 nitrogen and oxygen atoms in total. The zero-order valence-electron chi connectivity index (χ0n) is 12.6. The first kappa shape index (κ1) is 16.3. The molecule has 0 radical (unpaired) electrons. The third kappa shape index (κ3) is 5.09. The molecule has 0 spiro atoms. The molecule has 1 aromatic carbocycles. The molecule has 1 N–H and O–H groups in total. The highest BCUT2D eigenvalue weighted by Crippen LogP contribution is 2.24. The van der Waals surface area contributed by atoms with Crippen LogP contribution in [0.1, 0.15) is 32.8 Å². The van der Waals surface area contributed by atoms with E-state index in [1.807, 2.05) is 32.9 Å². The molecule has 0 aliphatic rings. The summed E-state index contributed by atoms with van der Waals surface area (Å²) >= 11 is 0. The predicted octanol–water partition coefficient (Wildman–Crippen LogP) is 3.58. The SMILES string of the molecule is CCOc1ccc(NC(=O)OC(C)CC)cc1COC. The van der Waals surface area contributed by atoms with Crippen molar-refractivity contribution < 1.29 is 19.0 Å². The summed E-state index contributed by atoms with van der Waals surface area (Å²) in [5.41, 5.74) is 1.55. The minimum absolute atomic E-state index is 0.101. The van der Waals surface area contributed by atoms with E-state index >= 15 is 0 Å². The van der Waals surface area contributed by atoms with Crippen LogP contribution >= 0.6 is 0 Å². The van der Waals surface area contributed by atoms with Crippen molar-refractivity contribution in [2.24, 2.45) is 0 Å². The summed E-state index contributed by atoms with van der Waals surface area (Å²) in [6, 6.07) is 5.42. The number of amides is 1. The average molecular weight is 281 g/mol. The van der Waals surface area contributed by atoms with Crippen molar-refractivity contribution in [2.45, 2.75) is 39.9 Å². The first-order valence-electron chi connectivity index (χ1n) is 6.83. The van der Waals surface area contributed by atoms with Crippen molar-refractivity contribution >= 4 is 11.8 Å². The van der Waals surface area contributed by atoms with Gasteiger partial charge in [-0.3, -0.25) is 5.32 Å². The highest BCUT2D eigenvalue weighted by Gasteiger charge is 2.10. The van der Waals surface area contributed by atoms with Gasteiger partial charge < -0.3 is 14.2 Å². The van der Waals surface area contributed by atoms with E-state index in [2.05, 4.69) is 5.32 Å². The first-order chi connectivity index (χ1) is 9.60. The second-order valence-electron chi connectivity index (χ2n) is 4.44. The molecule has 0 aliphatic heterocycles. The monoisotopic (exact) mass is 281 g/mol. The van der Waals surface area contributed by atoms with Gasteiger partial charge in [0.2, 0.25) is 0 Å². The normalized spacial score (nSPS) is 11.8. The van der Waals surface area contributed by atoms with Crippen molar-refractivity contribution in [1.82, 2.24) is 0 Å². The Morgan fingerprint density at radius 3 is 2.70 bits per heavy atom. The van der Waals surface area contributed by atoms with Gasteiger partial charge in [0, 0.05) is 18.4 Å². The Balaban J connectivity index is 2.75. The van der Waals surface area contributed by atoms with Crippen LogP contribution in [0.2, 0.25) is 0 Å². The fourth-order valence-electron chi connectivity index (χ4n) is 1.64. The molecule has 0 aromatic heterocycles. The number of rotatable bonds is 7. The van der Waals surface area contributed by atoms with E-state index in [0.717, 1.165) is 17.7 Å². The number of hydrogen-bond acceptors (Lipinski definition) is 4. The van der Waals surface area contributed by atoms with Crippen molar-refractivity contribution in [1.29, 1.82) is 0 Å². The lowest BCUT2D eigenvalue weighted by Gasteiger charge is -2.14. The fourth-order valence-corrected chi connectivity index (χ4v) is 1.64. The molecule has 0 bridgehead atoms. The molecule has 5 heteroatoms. The molecule has 0 aliphatic carbocycles. The number of methoxy groups -OCH3 is 1. The molecule has 0 saturated carbocycles. The maximum absolute atomic E-state index is 11.7. The predicted molar refractivity (Wildman–Crippen MR) is 78.2 cm³/mol. The minimum atomic E-state index is -0.452. The second kappa shape index (κ2) is 8.43. The molecule has 0 fully saturated rings.